The van der Waals surface area contributed by atoms with Crippen LogP contribution in [0.25, 0.3) is 11.0 Å². The van der Waals surface area contributed by atoms with Crippen molar-refractivity contribution < 1.29 is 9.53 Å². The number of fused-ring (bicyclic) bond motifs is 1. The van der Waals surface area contributed by atoms with Gasteiger partial charge in [-0.2, -0.15) is 0 Å². The molecule has 0 radical (unpaired) electrons. The van der Waals surface area contributed by atoms with Gasteiger partial charge in [-0.1, -0.05) is 29.8 Å². The zero-order valence-electron chi connectivity index (χ0n) is 15.8. The predicted molar refractivity (Wildman–Crippen MR) is 105 cm³/mol. The summed E-state index contributed by atoms with van der Waals surface area (Å²) in [4.78, 5) is 42.3. The molecule has 1 aromatic carbocycles. The van der Waals surface area contributed by atoms with Crippen molar-refractivity contribution in [3.63, 3.8) is 0 Å². The maximum Gasteiger partial charge on any atom is 0.332 e. The molecule has 0 aliphatic rings. The predicted octanol–water partition coefficient (Wildman–Crippen LogP) is 0.678. The highest BCUT2D eigenvalue weighted by molar-refractivity contribution is 5.79. The van der Waals surface area contributed by atoms with Crippen molar-refractivity contribution in [2.75, 3.05) is 20.3 Å². The number of pyridine rings is 1. The van der Waals surface area contributed by atoms with Gasteiger partial charge in [-0.25, -0.2) is 9.78 Å². The minimum atomic E-state index is -0.548. The minimum Gasteiger partial charge on any atom is -0.383 e. The first-order chi connectivity index (χ1) is 13.5. The zero-order valence-corrected chi connectivity index (χ0v) is 15.8. The highest BCUT2D eigenvalue weighted by Gasteiger charge is 2.16. The first-order valence-corrected chi connectivity index (χ1v) is 8.91. The average Bonchev–Trinajstić information content (AvgIpc) is 2.70. The van der Waals surface area contributed by atoms with Gasteiger partial charge in [0, 0.05) is 19.9 Å². The minimum absolute atomic E-state index is 0.107. The molecule has 3 aromatic rings. The van der Waals surface area contributed by atoms with Crippen LogP contribution in [-0.2, 0) is 22.6 Å². The van der Waals surface area contributed by atoms with Gasteiger partial charge >= 0.3 is 5.69 Å². The molecule has 28 heavy (non-hydrogen) atoms. The smallest absolute Gasteiger partial charge is 0.332 e. The van der Waals surface area contributed by atoms with Crippen LogP contribution < -0.4 is 16.6 Å². The van der Waals surface area contributed by atoms with Crippen molar-refractivity contribution >= 4 is 16.9 Å². The first kappa shape index (κ1) is 19.5. The Bertz CT molecular complexity index is 1100. The van der Waals surface area contributed by atoms with E-state index >= 15 is 0 Å². The zero-order chi connectivity index (χ0) is 20.1. The molecule has 0 bridgehead atoms. The quantitative estimate of drug-likeness (QED) is 0.606. The summed E-state index contributed by atoms with van der Waals surface area (Å²) in [6.45, 7) is 2.57. The molecular weight excluding hydrogens is 360 g/mol. The van der Waals surface area contributed by atoms with Gasteiger partial charge in [0.25, 0.3) is 5.56 Å². The van der Waals surface area contributed by atoms with Crippen molar-refractivity contribution in [3.8, 4) is 0 Å². The van der Waals surface area contributed by atoms with Crippen molar-refractivity contribution in [1.29, 1.82) is 0 Å². The van der Waals surface area contributed by atoms with Gasteiger partial charge < -0.3 is 10.1 Å². The Morgan fingerprint density at radius 1 is 1.14 bits per heavy atom. The Labute approximate surface area is 161 Å². The van der Waals surface area contributed by atoms with Crippen LogP contribution >= 0.6 is 0 Å². The summed E-state index contributed by atoms with van der Waals surface area (Å²) in [7, 11) is 1.54. The number of aromatic nitrogens is 3. The molecule has 1 N–H and O–H groups in total. The number of amides is 1. The van der Waals surface area contributed by atoms with Crippen LogP contribution in [0.3, 0.4) is 0 Å². The lowest BCUT2D eigenvalue weighted by Gasteiger charge is -2.14. The van der Waals surface area contributed by atoms with Gasteiger partial charge in [-0.05, 0) is 24.6 Å². The highest BCUT2D eigenvalue weighted by atomic mass is 16.5. The van der Waals surface area contributed by atoms with Crippen LogP contribution in [-0.4, -0.2) is 40.3 Å². The lowest BCUT2D eigenvalue weighted by atomic mass is 10.1. The van der Waals surface area contributed by atoms with E-state index in [0.717, 1.165) is 15.7 Å². The fourth-order valence-electron chi connectivity index (χ4n) is 2.90. The van der Waals surface area contributed by atoms with Gasteiger partial charge in [-0.3, -0.25) is 18.7 Å². The number of ether oxygens (including phenoxy) is 1. The van der Waals surface area contributed by atoms with E-state index in [-0.39, 0.29) is 24.5 Å². The number of aryl methyl sites for hydroxylation is 1. The number of rotatable bonds is 7. The van der Waals surface area contributed by atoms with Crippen LogP contribution in [0.1, 0.15) is 11.1 Å². The highest BCUT2D eigenvalue weighted by Crippen LogP contribution is 2.07. The summed E-state index contributed by atoms with van der Waals surface area (Å²) in [6.07, 6.45) is 1.49. The number of nitrogens with one attached hydrogen (secondary N) is 1. The Balaban J connectivity index is 2.04. The molecule has 146 valence electrons. The lowest BCUT2D eigenvalue weighted by Crippen LogP contribution is -2.43. The molecule has 1 amide bonds. The van der Waals surface area contributed by atoms with Crippen molar-refractivity contribution in [2.45, 2.75) is 20.0 Å². The standard InChI is InChI=1S/C20H22N4O4/c1-14-5-7-15(8-6-14)12-24-19(26)18-16(4-3-9-22-18)23(20(24)27)13-17(25)21-10-11-28-2/h3-9H,10-13H2,1-2H3,(H,21,25). The number of hydrogen-bond donors (Lipinski definition) is 1. The van der Waals surface area contributed by atoms with Crippen molar-refractivity contribution in [1.82, 2.24) is 19.4 Å². The monoisotopic (exact) mass is 382 g/mol. The normalized spacial score (nSPS) is 10.9. The van der Waals surface area contributed by atoms with Gasteiger partial charge in [0.2, 0.25) is 5.91 Å². The van der Waals surface area contributed by atoms with E-state index in [1.807, 2.05) is 31.2 Å². The second kappa shape index (κ2) is 8.62. The molecule has 0 aliphatic carbocycles. The van der Waals surface area contributed by atoms with Crippen molar-refractivity contribution in [3.05, 3.63) is 74.6 Å². The van der Waals surface area contributed by atoms with Crippen LogP contribution in [0.4, 0.5) is 0 Å². The molecule has 3 rings (SSSR count). The van der Waals surface area contributed by atoms with E-state index in [4.69, 9.17) is 4.74 Å². The molecule has 0 atom stereocenters. The molecule has 0 fully saturated rings. The van der Waals surface area contributed by atoms with E-state index in [1.165, 1.54) is 17.9 Å². The Hall–Kier alpha value is -3.26. The van der Waals surface area contributed by atoms with E-state index in [2.05, 4.69) is 10.3 Å². The maximum absolute atomic E-state index is 13.0. The summed E-state index contributed by atoms with van der Waals surface area (Å²) in [5.41, 5.74) is 1.36. The summed E-state index contributed by atoms with van der Waals surface area (Å²) < 4.78 is 7.30. The fourth-order valence-corrected chi connectivity index (χ4v) is 2.90. The van der Waals surface area contributed by atoms with Gasteiger partial charge in [0.05, 0.1) is 18.7 Å². The van der Waals surface area contributed by atoms with E-state index in [1.54, 1.807) is 12.1 Å². The molecule has 2 aromatic heterocycles. The number of carbonyl (C=O) groups excluding carboxylic acids is 1. The van der Waals surface area contributed by atoms with Crippen molar-refractivity contribution in [2.24, 2.45) is 0 Å². The molecule has 2 heterocycles. The van der Waals surface area contributed by atoms with E-state index < -0.39 is 11.2 Å². The summed E-state index contributed by atoms with van der Waals surface area (Å²) in [5.74, 6) is -0.343. The molecule has 8 nitrogen and oxygen atoms in total. The van der Waals surface area contributed by atoms with Crippen LogP contribution in [0.15, 0.2) is 52.2 Å². The van der Waals surface area contributed by atoms with Crippen LogP contribution in [0, 0.1) is 6.92 Å². The largest absolute Gasteiger partial charge is 0.383 e. The molecule has 0 spiro atoms. The number of hydrogen-bond acceptors (Lipinski definition) is 5. The van der Waals surface area contributed by atoms with E-state index in [0.29, 0.717) is 18.7 Å². The number of nitrogens with zero attached hydrogens (tertiary/aromatic N) is 3. The number of carbonyl (C=O) groups is 1. The second-order valence-corrected chi connectivity index (χ2v) is 6.46. The fraction of sp³-hybridized carbons (Fsp3) is 0.300. The Kier molecular flexibility index (Phi) is 6.00. The van der Waals surface area contributed by atoms with Crippen LogP contribution in [0.5, 0.6) is 0 Å². The van der Waals surface area contributed by atoms with Crippen LogP contribution in [0.2, 0.25) is 0 Å². The lowest BCUT2D eigenvalue weighted by molar-refractivity contribution is -0.121. The van der Waals surface area contributed by atoms with Gasteiger partial charge in [-0.15, -0.1) is 0 Å². The average molecular weight is 382 g/mol. The summed E-state index contributed by atoms with van der Waals surface area (Å²) in [6, 6.07) is 10.8. The molecule has 0 saturated carbocycles. The molecule has 8 heteroatoms. The Morgan fingerprint density at radius 2 is 1.89 bits per heavy atom. The molecule has 0 saturated heterocycles. The summed E-state index contributed by atoms with van der Waals surface area (Å²) >= 11 is 0. The third kappa shape index (κ3) is 4.17. The molecule has 0 unspecified atom stereocenters. The van der Waals surface area contributed by atoms with Gasteiger partial charge in [0.1, 0.15) is 6.54 Å². The number of benzene rings is 1. The second-order valence-electron chi connectivity index (χ2n) is 6.46. The SMILES string of the molecule is COCCNC(=O)Cn1c(=O)n(Cc2ccc(C)cc2)c(=O)c2ncccc21. The first-order valence-electron chi connectivity index (χ1n) is 8.91. The maximum atomic E-state index is 13.0. The van der Waals surface area contributed by atoms with Gasteiger partial charge in [0.15, 0.2) is 5.52 Å². The van der Waals surface area contributed by atoms with E-state index in [9.17, 15) is 14.4 Å². The Morgan fingerprint density at radius 3 is 2.61 bits per heavy atom. The molecule has 0 aliphatic heterocycles. The number of methoxy groups -OCH3 is 1. The molecular formula is C20H22N4O4. The third-order valence-corrected chi connectivity index (χ3v) is 4.38. The summed E-state index contributed by atoms with van der Waals surface area (Å²) in [5, 5.41) is 2.68. The third-order valence-electron chi connectivity index (χ3n) is 4.38. The topological polar surface area (TPSA) is 95.2 Å².